The third-order valence-electron chi connectivity index (χ3n) is 4.33. The molecule has 0 aliphatic heterocycles. The number of benzene rings is 2. The average molecular weight is 333 g/mol. The number of hydrogen-bond acceptors (Lipinski definition) is 3. The van der Waals surface area contributed by atoms with Crippen LogP contribution in [0.4, 0.5) is 0 Å². The zero-order valence-corrected chi connectivity index (χ0v) is 13.8. The van der Waals surface area contributed by atoms with Crippen LogP contribution in [0.2, 0.25) is 0 Å². The Morgan fingerprint density at radius 1 is 1.12 bits per heavy atom. The summed E-state index contributed by atoms with van der Waals surface area (Å²) in [5.41, 5.74) is 4.11. The lowest BCUT2D eigenvalue weighted by Gasteiger charge is -2.05. The molecule has 0 atom stereocenters. The van der Waals surface area contributed by atoms with Gasteiger partial charge in [0, 0.05) is 23.6 Å². The molecule has 2 heterocycles. The number of para-hydroxylation sites is 2. The number of nitrogens with zero attached hydrogens (tertiary/aromatic N) is 3. The minimum absolute atomic E-state index is 0.0467. The van der Waals surface area contributed by atoms with Crippen molar-refractivity contribution in [1.82, 2.24) is 25.3 Å². The Labute approximate surface area is 144 Å². The molecule has 0 fully saturated rings. The van der Waals surface area contributed by atoms with E-state index < -0.39 is 0 Å². The first-order valence-electron chi connectivity index (χ1n) is 8.41. The van der Waals surface area contributed by atoms with Gasteiger partial charge < -0.3 is 10.3 Å². The third-order valence-corrected chi connectivity index (χ3v) is 4.33. The van der Waals surface area contributed by atoms with Crippen molar-refractivity contribution in [3.8, 4) is 0 Å². The first kappa shape index (κ1) is 15.4. The van der Waals surface area contributed by atoms with Crippen LogP contribution in [0.25, 0.3) is 21.9 Å². The molecule has 0 radical (unpaired) electrons. The quantitative estimate of drug-likeness (QED) is 0.533. The summed E-state index contributed by atoms with van der Waals surface area (Å²) >= 11 is 0. The molecule has 0 saturated carbocycles. The van der Waals surface area contributed by atoms with Crippen LogP contribution in [-0.2, 0) is 17.8 Å². The number of aromatic amines is 1. The summed E-state index contributed by atoms with van der Waals surface area (Å²) < 4.78 is 1.63. The van der Waals surface area contributed by atoms with Gasteiger partial charge in [-0.25, -0.2) is 4.68 Å². The van der Waals surface area contributed by atoms with Crippen LogP contribution in [0, 0.1) is 0 Å². The molecule has 6 nitrogen and oxygen atoms in total. The molecule has 2 aromatic heterocycles. The van der Waals surface area contributed by atoms with E-state index in [0.29, 0.717) is 6.54 Å². The van der Waals surface area contributed by atoms with Gasteiger partial charge in [0.1, 0.15) is 12.1 Å². The molecule has 4 aromatic rings. The molecule has 0 saturated heterocycles. The predicted molar refractivity (Wildman–Crippen MR) is 97.2 cm³/mol. The molecule has 1 amide bonds. The Kier molecular flexibility index (Phi) is 4.16. The highest BCUT2D eigenvalue weighted by atomic mass is 16.2. The Bertz CT molecular complexity index is 1020. The zero-order chi connectivity index (χ0) is 17.1. The molecular formula is C19H19N5O. The van der Waals surface area contributed by atoms with Crippen molar-refractivity contribution in [3.63, 3.8) is 0 Å². The molecule has 4 rings (SSSR count). The Morgan fingerprint density at radius 3 is 2.92 bits per heavy atom. The normalized spacial score (nSPS) is 11.2. The highest BCUT2D eigenvalue weighted by Gasteiger charge is 2.08. The van der Waals surface area contributed by atoms with Gasteiger partial charge in [-0.05, 0) is 36.6 Å². The standard InChI is InChI=1S/C19H19N5O/c25-19(13-24-18-10-4-3-9-17(18)22-23-24)20-11-5-6-14-12-21-16-8-2-1-7-15(14)16/h1-4,7-10,12,21H,5-6,11,13H2,(H,20,25). The Balaban J connectivity index is 1.29. The van der Waals surface area contributed by atoms with E-state index in [4.69, 9.17) is 0 Å². The average Bonchev–Trinajstić information content (AvgIpc) is 3.24. The fourth-order valence-corrected chi connectivity index (χ4v) is 3.07. The van der Waals surface area contributed by atoms with E-state index in [1.54, 1.807) is 4.68 Å². The number of carbonyl (C=O) groups excluding carboxylic acids is 1. The lowest BCUT2D eigenvalue weighted by Crippen LogP contribution is -2.29. The predicted octanol–water partition coefficient (Wildman–Crippen LogP) is 2.66. The van der Waals surface area contributed by atoms with Crippen molar-refractivity contribution in [2.75, 3.05) is 6.54 Å². The molecule has 0 unspecified atom stereocenters. The molecule has 2 aromatic carbocycles. The Hall–Kier alpha value is -3.15. The molecular weight excluding hydrogens is 314 g/mol. The Morgan fingerprint density at radius 2 is 1.96 bits per heavy atom. The number of nitrogens with one attached hydrogen (secondary N) is 2. The third kappa shape index (κ3) is 3.24. The van der Waals surface area contributed by atoms with Gasteiger partial charge in [-0.15, -0.1) is 5.10 Å². The van der Waals surface area contributed by atoms with E-state index in [-0.39, 0.29) is 12.5 Å². The second kappa shape index (κ2) is 6.76. The second-order valence-corrected chi connectivity index (χ2v) is 6.05. The smallest absolute Gasteiger partial charge is 0.241 e. The zero-order valence-electron chi connectivity index (χ0n) is 13.8. The van der Waals surface area contributed by atoms with Crippen molar-refractivity contribution in [2.45, 2.75) is 19.4 Å². The lowest BCUT2D eigenvalue weighted by molar-refractivity contribution is -0.121. The number of fused-ring (bicyclic) bond motifs is 2. The fourth-order valence-electron chi connectivity index (χ4n) is 3.07. The molecule has 0 bridgehead atoms. The number of amides is 1. The van der Waals surface area contributed by atoms with Gasteiger partial charge >= 0.3 is 0 Å². The maximum Gasteiger partial charge on any atom is 0.241 e. The summed E-state index contributed by atoms with van der Waals surface area (Å²) in [6.45, 7) is 0.832. The van der Waals surface area contributed by atoms with Crippen LogP contribution in [0.1, 0.15) is 12.0 Å². The van der Waals surface area contributed by atoms with Crippen LogP contribution in [0.5, 0.6) is 0 Å². The summed E-state index contributed by atoms with van der Waals surface area (Å²) in [6.07, 6.45) is 3.87. The van der Waals surface area contributed by atoms with Crippen LogP contribution in [-0.4, -0.2) is 32.4 Å². The molecule has 0 aliphatic rings. The molecule has 25 heavy (non-hydrogen) atoms. The summed E-state index contributed by atoms with van der Waals surface area (Å²) in [5.74, 6) is -0.0467. The van der Waals surface area contributed by atoms with Crippen molar-refractivity contribution in [1.29, 1.82) is 0 Å². The maximum atomic E-state index is 12.1. The van der Waals surface area contributed by atoms with E-state index >= 15 is 0 Å². The highest BCUT2D eigenvalue weighted by molar-refractivity contribution is 5.83. The summed E-state index contributed by atoms with van der Waals surface area (Å²) in [4.78, 5) is 15.4. The molecule has 6 heteroatoms. The highest BCUT2D eigenvalue weighted by Crippen LogP contribution is 2.18. The van der Waals surface area contributed by atoms with E-state index in [2.05, 4.69) is 32.7 Å². The van der Waals surface area contributed by atoms with Crippen LogP contribution < -0.4 is 5.32 Å². The monoisotopic (exact) mass is 333 g/mol. The minimum Gasteiger partial charge on any atom is -0.361 e. The van der Waals surface area contributed by atoms with Gasteiger partial charge in [0.2, 0.25) is 5.91 Å². The van der Waals surface area contributed by atoms with Crippen LogP contribution in [0.15, 0.2) is 54.7 Å². The number of aromatic nitrogens is 4. The first-order valence-corrected chi connectivity index (χ1v) is 8.41. The molecule has 0 spiro atoms. The van der Waals surface area contributed by atoms with E-state index in [1.165, 1.54) is 10.9 Å². The van der Waals surface area contributed by atoms with Gasteiger partial charge in [-0.1, -0.05) is 35.5 Å². The summed E-state index contributed by atoms with van der Waals surface area (Å²) in [5, 5.41) is 12.3. The number of H-pyrrole nitrogens is 1. The second-order valence-electron chi connectivity index (χ2n) is 6.05. The number of rotatable bonds is 6. The SMILES string of the molecule is O=C(Cn1nnc2ccccc21)NCCCc1c[nH]c2ccccc12. The van der Waals surface area contributed by atoms with Gasteiger partial charge in [0.15, 0.2) is 0 Å². The van der Waals surface area contributed by atoms with Gasteiger partial charge in [-0.2, -0.15) is 0 Å². The van der Waals surface area contributed by atoms with Crippen molar-refractivity contribution < 1.29 is 4.79 Å². The number of aryl methyl sites for hydroxylation is 1. The number of carbonyl (C=O) groups is 1. The molecule has 2 N–H and O–H groups in total. The van der Waals surface area contributed by atoms with Gasteiger partial charge in [0.25, 0.3) is 0 Å². The van der Waals surface area contributed by atoms with Gasteiger partial charge in [-0.3, -0.25) is 4.79 Å². The maximum absolute atomic E-state index is 12.1. The first-order chi connectivity index (χ1) is 12.3. The topological polar surface area (TPSA) is 75.6 Å². The van der Waals surface area contributed by atoms with Crippen LogP contribution >= 0.6 is 0 Å². The molecule has 126 valence electrons. The minimum atomic E-state index is -0.0467. The summed E-state index contributed by atoms with van der Waals surface area (Å²) in [6, 6.07) is 15.9. The van der Waals surface area contributed by atoms with E-state index in [9.17, 15) is 4.79 Å². The van der Waals surface area contributed by atoms with E-state index in [1.807, 2.05) is 42.6 Å². The largest absolute Gasteiger partial charge is 0.361 e. The van der Waals surface area contributed by atoms with Gasteiger partial charge in [0.05, 0.1) is 5.52 Å². The lowest BCUT2D eigenvalue weighted by atomic mass is 10.1. The number of hydrogen-bond donors (Lipinski definition) is 2. The van der Waals surface area contributed by atoms with Crippen molar-refractivity contribution in [2.24, 2.45) is 0 Å². The molecule has 0 aliphatic carbocycles. The fraction of sp³-hybridized carbons (Fsp3) is 0.211. The van der Waals surface area contributed by atoms with Crippen LogP contribution in [0.3, 0.4) is 0 Å². The van der Waals surface area contributed by atoms with Crippen molar-refractivity contribution >= 4 is 27.8 Å². The summed E-state index contributed by atoms with van der Waals surface area (Å²) in [7, 11) is 0. The van der Waals surface area contributed by atoms with Crippen molar-refractivity contribution in [3.05, 3.63) is 60.3 Å². The van der Waals surface area contributed by atoms with E-state index in [0.717, 1.165) is 29.4 Å².